The van der Waals surface area contributed by atoms with E-state index in [0.29, 0.717) is 30.2 Å². The van der Waals surface area contributed by atoms with Crippen molar-refractivity contribution >= 4 is 29.3 Å². The zero-order valence-corrected chi connectivity index (χ0v) is 18.7. The molecule has 0 radical (unpaired) electrons. The van der Waals surface area contributed by atoms with Crippen molar-refractivity contribution in [2.45, 2.75) is 5.75 Å². The number of benzene rings is 3. The summed E-state index contributed by atoms with van der Waals surface area (Å²) in [6.07, 6.45) is 0. The number of nitrogens with one attached hydrogen (secondary N) is 2. The smallest absolute Gasteiger partial charge is 0.251 e. The Morgan fingerprint density at radius 3 is 2.25 bits per heavy atom. The SMILES string of the molecule is COc1ccc(OCCNC(=O)c2ccc(CSCC(=O)Nc3ccccc3)cc2)cc1. The van der Waals surface area contributed by atoms with E-state index in [1.54, 1.807) is 19.2 Å². The van der Waals surface area contributed by atoms with Crippen LogP contribution in [0, 0.1) is 0 Å². The van der Waals surface area contributed by atoms with Gasteiger partial charge in [0.05, 0.1) is 19.4 Å². The molecule has 2 amide bonds. The molecule has 0 aromatic heterocycles. The lowest BCUT2D eigenvalue weighted by atomic mass is 10.1. The lowest BCUT2D eigenvalue weighted by molar-refractivity contribution is -0.113. The second-order valence-corrected chi connectivity index (χ2v) is 7.87. The summed E-state index contributed by atoms with van der Waals surface area (Å²) >= 11 is 1.53. The number of carbonyl (C=O) groups is 2. The van der Waals surface area contributed by atoms with Crippen molar-refractivity contribution in [3.63, 3.8) is 0 Å². The number of hydrogen-bond acceptors (Lipinski definition) is 5. The maximum atomic E-state index is 12.3. The minimum Gasteiger partial charge on any atom is -0.497 e. The molecule has 7 heteroatoms. The molecule has 0 atom stereocenters. The summed E-state index contributed by atoms with van der Waals surface area (Å²) in [5.74, 6) is 2.37. The average molecular weight is 451 g/mol. The van der Waals surface area contributed by atoms with Gasteiger partial charge in [-0.2, -0.15) is 0 Å². The molecule has 0 aliphatic rings. The normalized spacial score (nSPS) is 10.3. The van der Waals surface area contributed by atoms with Crippen LogP contribution in [-0.2, 0) is 10.5 Å². The van der Waals surface area contributed by atoms with Crippen molar-refractivity contribution in [2.75, 3.05) is 31.3 Å². The van der Waals surface area contributed by atoms with E-state index >= 15 is 0 Å². The molecule has 0 fully saturated rings. The third-order valence-electron chi connectivity index (χ3n) is 4.49. The predicted molar refractivity (Wildman–Crippen MR) is 128 cm³/mol. The monoisotopic (exact) mass is 450 g/mol. The first-order chi connectivity index (χ1) is 15.6. The van der Waals surface area contributed by atoms with E-state index < -0.39 is 0 Å². The van der Waals surface area contributed by atoms with Crippen LogP contribution in [0.25, 0.3) is 0 Å². The summed E-state index contributed by atoms with van der Waals surface area (Å²) in [4.78, 5) is 24.3. The summed E-state index contributed by atoms with van der Waals surface area (Å²) in [5, 5.41) is 5.71. The van der Waals surface area contributed by atoms with Crippen molar-refractivity contribution in [3.8, 4) is 11.5 Å². The van der Waals surface area contributed by atoms with Crippen LogP contribution >= 0.6 is 11.8 Å². The van der Waals surface area contributed by atoms with Gasteiger partial charge in [0, 0.05) is 17.0 Å². The molecule has 0 saturated heterocycles. The summed E-state index contributed by atoms with van der Waals surface area (Å²) in [6, 6.07) is 24.1. The minimum atomic E-state index is -0.148. The molecule has 166 valence electrons. The van der Waals surface area contributed by atoms with Crippen LogP contribution in [-0.4, -0.2) is 37.8 Å². The molecule has 0 bridgehead atoms. The molecule has 32 heavy (non-hydrogen) atoms. The zero-order valence-electron chi connectivity index (χ0n) is 17.9. The molecule has 3 rings (SSSR count). The number of amides is 2. The van der Waals surface area contributed by atoms with Gasteiger partial charge < -0.3 is 20.1 Å². The van der Waals surface area contributed by atoms with Crippen molar-refractivity contribution in [3.05, 3.63) is 90.0 Å². The van der Waals surface area contributed by atoms with E-state index in [0.717, 1.165) is 22.7 Å². The Kier molecular flexibility index (Phi) is 9.01. The van der Waals surface area contributed by atoms with E-state index in [9.17, 15) is 9.59 Å². The van der Waals surface area contributed by atoms with Crippen LogP contribution in [0.1, 0.15) is 15.9 Å². The van der Waals surface area contributed by atoms with Crippen molar-refractivity contribution in [2.24, 2.45) is 0 Å². The fraction of sp³-hybridized carbons (Fsp3) is 0.200. The van der Waals surface area contributed by atoms with E-state index in [1.807, 2.05) is 66.7 Å². The molecule has 0 heterocycles. The average Bonchev–Trinajstić information content (AvgIpc) is 2.83. The predicted octanol–water partition coefficient (Wildman–Crippen LogP) is 4.38. The maximum Gasteiger partial charge on any atom is 0.251 e. The highest BCUT2D eigenvalue weighted by molar-refractivity contribution is 7.99. The molecule has 0 aliphatic heterocycles. The number of rotatable bonds is 11. The van der Waals surface area contributed by atoms with Gasteiger partial charge in [0.25, 0.3) is 5.91 Å². The van der Waals surface area contributed by atoms with Crippen molar-refractivity contribution in [1.29, 1.82) is 0 Å². The Bertz CT molecular complexity index is 993. The Hall–Kier alpha value is -3.45. The Labute approximate surface area is 192 Å². The highest BCUT2D eigenvalue weighted by atomic mass is 32.2. The van der Waals surface area contributed by atoms with Gasteiger partial charge in [-0.05, 0) is 54.1 Å². The second kappa shape index (κ2) is 12.4. The van der Waals surface area contributed by atoms with Gasteiger partial charge in [-0.3, -0.25) is 9.59 Å². The first-order valence-corrected chi connectivity index (χ1v) is 11.4. The van der Waals surface area contributed by atoms with Crippen LogP contribution in [0.5, 0.6) is 11.5 Å². The highest BCUT2D eigenvalue weighted by Crippen LogP contribution is 2.17. The number of thioether (sulfide) groups is 1. The van der Waals surface area contributed by atoms with Gasteiger partial charge in [0.15, 0.2) is 0 Å². The maximum absolute atomic E-state index is 12.3. The zero-order chi connectivity index (χ0) is 22.6. The Morgan fingerprint density at radius 1 is 0.875 bits per heavy atom. The molecule has 6 nitrogen and oxygen atoms in total. The third-order valence-corrected chi connectivity index (χ3v) is 5.50. The fourth-order valence-corrected chi connectivity index (χ4v) is 3.63. The van der Waals surface area contributed by atoms with Crippen molar-refractivity contribution in [1.82, 2.24) is 5.32 Å². The first kappa shape index (κ1) is 23.2. The molecular formula is C25H26N2O4S. The van der Waals surface area contributed by atoms with Crippen LogP contribution in [0.4, 0.5) is 5.69 Å². The van der Waals surface area contributed by atoms with Gasteiger partial charge in [-0.15, -0.1) is 11.8 Å². The van der Waals surface area contributed by atoms with Gasteiger partial charge in [0.2, 0.25) is 5.91 Å². The van der Waals surface area contributed by atoms with Crippen molar-refractivity contribution < 1.29 is 19.1 Å². The van der Waals surface area contributed by atoms with Crippen LogP contribution in [0.3, 0.4) is 0 Å². The quantitative estimate of drug-likeness (QED) is 0.424. The second-order valence-electron chi connectivity index (χ2n) is 6.88. The van der Waals surface area contributed by atoms with Gasteiger partial charge >= 0.3 is 0 Å². The van der Waals surface area contributed by atoms with Crippen LogP contribution in [0.15, 0.2) is 78.9 Å². The summed E-state index contributed by atoms with van der Waals surface area (Å²) in [6.45, 7) is 0.775. The van der Waals surface area contributed by atoms with Gasteiger partial charge in [-0.25, -0.2) is 0 Å². The molecule has 0 aliphatic carbocycles. The van der Waals surface area contributed by atoms with Gasteiger partial charge in [0.1, 0.15) is 18.1 Å². The van der Waals surface area contributed by atoms with E-state index in [1.165, 1.54) is 11.8 Å². The van der Waals surface area contributed by atoms with Crippen LogP contribution < -0.4 is 20.1 Å². The topological polar surface area (TPSA) is 76.7 Å². The molecule has 0 spiro atoms. The summed E-state index contributed by atoms with van der Waals surface area (Å²) in [5.41, 5.74) is 2.44. The summed E-state index contributed by atoms with van der Waals surface area (Å²) in [7, 11) is 1.61. The van der Waals surface area contributed by atoms with Gasteiger partial charge in [-0.1, -0.05) is 30.3 Å². The van der Waals surface area contributed by atoms with E-state index in [-0.39, 0.29) is 11.8 Å². The lowest BCUT2D eigenvalue weighted by Gasteiger charge is -2.09. The number of carbonyl (C=O) groups excluding carboxylic acids is 2. The molecule has 3 aromatic rings. The number of hydrogen-bond donors (Lipinski definition) is 2. The number of para-hydroxylation sites is 1. The van der Waals surface area contributed by atoms with E-state index in [4.69, 9.17) is 9.47 Å². The molecule has 0 unspecified atom stereocenters. The van der Waals surface area contributed by atoms with E-state index in [2.05, 4.69) is 10.6 Å². The minimum absolute atomic E-state index is 0.0333. The van der Waals surface area contributed by atoms with Crippen LogP contribution in [0.2, 0.25) is 0 Å². The number of anilines is 1. The Morgan fingerprint density at radius 2 is 1.56 bits per heavy atom. The molecule has 2 N–H and O–H groups in total. The first-order valence-electron chi connectivity index (χ1n) is 10.2. The standard InChI is InChI=1S/C25H26N2O4S/c1-30-22-11-13-23(14-12-22)31-16-15-26-25(29)20-9-7-19(8-10-20)17-32-18-24(28)27-21-5-3-2-4-6-21/h2-14H,15-18H2,1H3,(H,26,29)(H,27,28). The molecule has 3 aromatic carbocycles. The highest BCUT2D eigenvalue weighted by Gasteiger charge is 2.06. The number of methoxy groups -OCH3 is 1. The molecule has 0 saturated carbocycles. The fourth-order valence-electron chi connectivity index (χ4n) is 2.84. The summed E-state index contributed by atoms with van der Waals surface area (Å²) < 4.78 is 10.7. The number of ether oxygens (including phenoxy) is 2. The lowest BCUT2D eigenvalue weighted by Crippen LogP contribution is -2.28. The Balaban J connectivity index is 1.34. The largest absolute Gasteiger partial charge is 0.497 e. The third kappa shape index (κ3) is 7.67. The molecular weight excluding hydrogens is 424 g/mol.